The Labute approximate surface area is 127 Å². The molecule has 0 aliphatic carbocycles. The Morgan fingerprint density at radius 1 is 1.50 bits per heavy atom. The van der Waals surface area contributed by atoms with Crippen LogP contribution in [0.25, 0.3) is 0 Å². The SMILES string of the molecule is CCOC(=O)C[C@]1(O)C[C@@H](C)Oc2c(Cl)ccc(Cl)c21. The van der Waals surface area contributed by atoms with Crippen molar-refractivity contribution in [1.82, 2.24) is 0 Å². The van der Waals surface area contributed by atoms with Crippen molar-refractivity contribution < 1.29 is 19.4 Å². The summed E-state index contributed by atoms with van der Waals surface area (Å²) in [6.07, 6.45) is -0.210. The van der Waals surface area contributed by atoms with Crippen LogP contribution in [-0.4, -0.2) is 23.8 Å². The molecule has 20 heavy (non-hydrogen) atoms. The average molecular weight is 319 g/mol. The van der Waals surface area contributed by atoms with Crippen LogP contribution in [0.3, 0.4) is 0 Å². The highest BCUT2D eigenvalue weighted by Crippen LogP contribution is 2.48. The van der Waals surface area contributed by atoms with Crippen LogP contribution in [-0.2, 0) is 15.1 Å². The molecule has 1 aliphatic heterocycles. The maximum atomic E-state index is 11.7. The molecule has 1 aliphatic rings. The number of hydrogen-bond donors (Lipinski definition) is 1. The molecule has 0 radical (unpaired) electrons. The lowest BCUT2D eigenvalue weighted by atomic mass is 9.83. The molecule has 2 rings (SSSR count). The summed E-state index contributed by atoms with van der Waals surface area (Å²) in [6, 6.07) is 3.18. The van der Waals surface area contributed by atoms with E-state index in [0.29, 0.717) is 21.4 Å². The molecule has 0 amide bonds. The highest BCUT2D eigenvalue weighted by molar-refractivity contribution is 6.35. The van der Waals surface area contributed by atoms with E-state index < -0.39 is 11.6 Å². The number of benzene rings is 1. The quantitative estimate of drug-likeness (QED) is 0.869. The molecule has 0 saturated heterocycles. The van der Waals surface area contributed by atoms with Crippen LogP contribution < -0.4 is 4.74 Å². The van der Waals surface area contributed by atoms with Gasteiger partial charge in [0.2, 0.25) is 0 Å². The Kier molecular flexibility index (Phi) is 4.47. The number of aliphatic hydroxyl groups is 1. The maximum Gasteiger partial charge on any atom is 0.309 e. The molecule has 1 aromatic rings. The minimum atomic E-state index is -1.43. The van der Waals surface area contributed by atoms with Crippen molar-refractivity contribution in [2.45, 2.75) is 38.4 Å². The van der Waals surface area contributed by atoms with Gasteiger partial charge in [0.05, 0.1) is 29.2 Å². The molecule has 0 fully saturated rings. The van der Waals surface area contributed by atoms with Crippen molar-refractivity contribution in [2.75, 3.05) is 6.61 Å². The molecule has 0 bridgehead atoms. The molecular formula is C14H16Cl2O4. The summed E-state index contributed by atoms with van der Waals surface area (Å²) in [6.45, 7) is 3.78. The number of esters is 1. The van der Waals surface area contributed by atoms with Crippen LogP contribution in [0.2, 0.25) is 10.0 Å². The summed E-state index contributed by atoms with van der Waals surface area (Å²) in [5.74, 6) is -0.143. The van der Waals surface area contributed by atoms with Gasteiger partial charge in [-0.3, -0.25) is 4.79 Å². The van der Waals surface area contributed by atoms with Crippen molar-refractivity contribution >= 4 is 29.2 Å². The van der Waals surface area contributed by atoms with Crippen LogP contribution in [0.5, 0.6) is 5.75 Å². The summed E-state index contributed by atoms with van der Waals surface area (Å²) in [4.78, 5) is 11.7. The zero-order valence-electron chi connectivity index (χ0n) is 11.3. The van der Waals surface area contributed by atoms with Gasteiger partial charge < -0.3 is 14.6 Å². The number of halogens is 2. The molecule has 1 heterocycles. The van der Waals surface area contributed by atoms with Gasteiger partial charge in [-0.1, -0.05) is 23.2 Å². The van der Waals surface area contributed by atoms with Crippen molar-refractivity contribution in [3.63, 3.8) is 0 Å². The van der Waals surface area contributed by atoms with E-state index in [4.69, 9.17) is 32.7 Å². The number of ether oxygens (including phenoxy) is 2. The zero-order chi connectivity index (χ0) is 14.9. The Hall–Kier alpha value is -0.970. The minimum absolute atomic E-state index is 0.179. The summed E-state index contributed by atoms with van der Waals surface area (Å²) in [5.41, 5.74) is -1.07. The van der Waals surface area contributed by atoms with E-state index in [1.807, 2.05) is 0 Å². The maximum absolute atomic E-state index is 11.7. The van der Waals surface area contributed by atoms with Crippen LogP contribution in [0, 0.1) is 0 Å². The lowest BCUT2D eigenvalue weighted by Gasteiger charge is -2.38. The fourth-order valence-electron chi connectivity index (χ4n) is 2.51. The highest BCUT2D eigenvalue weighted by Gasteiger charge is 2.43. The van der Waals surface area contributed by atoms with E-state index in [9.17, 15) is 9.90 Å². The number of carbonyl (C=O) groups excluding carboxylic acids is 1. The van der Waals surface area contributed by atoms with E-state index in [0.717, 1.165) is 0 Å². The molecule has 6 heteroatoms. The third-order valence-electron chi connectivity index (χ3n) is 3.21. The van der Waals surface area contributed by atoms with Crippen LogP contribution in [0.15, 0.2) is 12.1 Å². The highest BCUT2D eigenvalue weighted by atomic mass is 35.5. The summed E-state index contributed by atoms with van der Waals surface area (Å²) < 4.78 is 10.6. The van der Waals surface area contributed by atoms with Gasteiger partial charge in [-0.05, 0) is 26.0 Å². The molecule has 0 unspecified atom stereocenters. The molecule has 2 atom stereocenters. The minimum Gasteiger partial charge on any atom is -0.489 e. The Balaban J connectivity index is 2.46. The van der Waals surface area contributed by atoms with Gasteiger partial charge in [0.15, 0.2) is 0 Å². The molecule has 0 aromatic heterocycles. The van der Waals surface area contributed by atoms with Gasteiger partial charge >= 0.3 is 5.97 Å². The van der Waals surface area contributed by atoms with Crippen molar-refractivity contribution in [1.29, 1.82) is 0 Å². The normalized spacial score (nSPS) is 24.8. The van der Waals surface area contributed by atoms with Crippen LogP contribution in [0.1, 0.15) is 32.3 Å². The topological polar surface area (TPSA) is 55.8 Å². The van der Waals surface area contributed by atoms with Gasteiger partial charge in [-0.25, -0.2) is 0 Å². The first-order valence-electron chi connectivity index (χ1n) is 6.40. The second kappa shape index (κ2) is 5.80. The second-order valence-corrected chi connectivity index (χ2v) is 5.69. The number of rotatable bonds is 3. The molecule has 0 saturated carbocycles. The first-order valence-corrected chi connectivity index (χ1v) is 7.16. The molecule has 0 spiro atoms. The third kappa shape index (κ3) is 2.87. The number of fused-ring (bicyclic) bond motifs is 1. The third-order valence-corrected chi connectivity index (χ3v) is 3.82. The zero-order valence-corrected chi connectivity index (χ0v) is 12.8. The molecule has 110 valence electrons. The fourth-order valence-corrected chi connectivity index (χ4v) is 3.04. The van der Waals surface area contributed by atoms with Gasteiger partial charge in [0, 0.05) is 12.0 Å². The Morgan fingerprint density at radius 3 is 2.80 bits per heavy atom. The second-order valence-electron chi connectivity index (χ2n) is 4.88. The molecule has 4 nitrogen and oxygen atoms in total. The smallest absolute Gasteiger partial charge is 0.309 e. The monoisotopic (exact) mass is 318 g/mol. The van der Waals surface area contributed by atoms with E-state index in [1.165, 1.54) is 0 Å². The first-order chi connectivity index (χ1) is 9.37. The van der Waals surface area contributed by atoms with Crippen molar-refractivity contribution in [3.8, 4) is 5.75 Å². The van der Waals surface area contributed by atoms with E-state index >= 15 is 0 Å². The van der Waals surface area contributed by atoms with Crippen molar-refractivity contribution in [2.24, 2.45) is 0 Å². The Morgan fingerprint density at radius 2 is 2.15 bits per heavy atom. The van der Waals surface area contributed by atoms with Gasteiger partial charge in [-0.15, -0.1) is 0 Å². The van der Waals surface area contributed by atoms with Crippen molar-refractivity contribution in [3.05, 3.63) is 27.7 Å². The lowest BCUT2D eigenvalue weighted by Crippen LogP contribution is -2.39. The van der Waals surface area contributed by atoms with Crippen LogP contribution in [0.4, 0.5) is 0 Å². The first kappa shape index (κ1) is 15.4. The summed E-state index contributed by atoms with van der Waals surface area (Å²) in [5, 5.41) is 11.6. The predicted octanol–water partition coefficient (Wildman–Crippen LogP) is 3.31. The van der Waals surface area contributed by atoms with E-state index in [2.05, 4.69) is 0 Å². The fraction of sp³-hybridized carbons (Fsp3) is 0.500. The number of hydrogen-bond acceptors (Lipinski definition) is 4. The largest absolute Gasteiger partial charge is 0.489 e. The summed E-state index contributed by atoms with van der Waals surface area (Å²) in [7, 11) is 0. The van der Waals surface area contributed by atoms with E-state index in [-0.39, 0.29) is 25.6 Å². The predicted molar refractivity (Wildman–Crippen MR) is 76.3 cm³/mol. The average Bonchev–Trinajstić information content (AvgIpc) is 2.32. The molecule has 1 N–H and O–H groups in total. The molecule has 1 aromatic carbocycles. The standard InChI is InChI=1S/C14H16Cl2O4/c1-3-19-11(17)7-14(18)6-8(2)20-13-10(16)5-4-9(15)12(13)14/h4-5,8,18H,3,6-7H2,1-2H3/t8-,14-/m1/s1. The van der Waals surface area contributed by atoms with Crippen LogP contribution >= 0.6 is 23.2 Å². The number of carbonyl (C=O) groups is 1. The van der Waals surface area contributed by atoms with Gasteiger partial charge in [0.25, 0.3) is 0 Å². The molecular weight excluding hydrogens is 303 g/mol. The lowest BCUT2D eigenvalue weighted by molar-refractivity contribution is -0.151. The van der Waals surface area contributed by atoms with E-state index in [1.54, 1.807) is 26.0 Å². The summed E-state index contributed by atoms with van der Waals surface area (Å²) >= 11 is 12.2. The van der Waals surface area contributed by atoms with Gasteiger partial charge in [0.1, 0.15) is 11.4 Å². The van der Waals surface area contributed by atoms with Gasteiger partial charge in [-0.2, -0.15) is 0 Å². The Bertz CT molecular complexity index is 532.